The summed E-state index contributed by atoms with van der Waals surface area (Å²) in [7, 11) is 1.71. The third-order valence-corrected chi connectivity index (χ3v) is 3.61. The number of hydrogen-bond donors (Lipinski definition) is 2. The predicted octanol–water partition coefficient (Wildman–Crippen LogP) is 1.85. The molecule has 0 saturated heterocycles. The minimum Gasteiger partial charge on any atom is -0.341 e. The Hall–Kier alpha value is -2.67. The SMILES string of the molecule is Cn1c(=O)[nH]c2ccc(-c3nc(Cl)nc4nc[nH]c34)cc21. The zero-order valence-corrected chi connectivity index (χ0v) is 11.6. The van der Waals surface area contributed by atoms with E-state index in [1.165, 1.54) is 0 Å². The fourth-order valence-corrected chi connectivity index (χ4v) is 2.55. The summed E-state index contributed by atoms with van der Waals surface area (Å²) in [5.41, 5.74) is 4.10. The molecule has 0 unspecified atom stereocenters. The van der Waals surface area contributed by atoms with Crippen LogP contribution in [0, 0.1) is 0 Å². The van der Waals surface area contributed by atoms with Gasteiger partial charge in [0.2, 0.25) is 5.28 Å². The summed E-state index contributed by atoms with van der Waals surface area (Å²) in [6.45, 7) is 0. The molecular formula is C13H9ClN6O. The molecule has 1 aromatic carbocycles. The Labute approximate surface area is 122 Å². The molecule has 0 amide bonds. The fourth-order valence-electron chi connectivity index (χ4n) is 2.39. The van der Waals surface area contributed by atoms with Crippen molar-refractivity contribution < 1.29 is 0 Å². The first-order chi connectivity index (χ1) is 10.1. The minimum absolute atomic E-state index is 0.132. The molecular weight excluding hydrogens is 292 g/mol. The van der Waals surface area contributed by atoms with Gasteiger partial charge in [0.1, 0.15) is 11.2 Å². The zero-order valence-electron chi connectivity index (χ0n) is 10.9. The molecule has 7 nitrogen and oxygen atoms in total. The average molecular weight is 301 g/mol. The van der Waals surface area contributed by atoms with Crippen molar-refractivity contribution in [1.82, 2.24) is 29.5 Å². The van der Waals surface area contributed by atoms with Crippen LogP contribution in [0.25, 0.3) is 33.5 Å². The largest absolute Gasteiger partial charge is 0.341 e. The van der Waals surface area contributed by atoms with E-state index in [0.29, 0.717) is 16.9 Å². The number of rotatable bonds is 1. The number of fused-ring (bicyclic) bond motifs is 2. The smallest absolute Gasteiger partial charge is 0.326 e. The highest BCUT2D eigenvalue weighted by atomic mass is 35.5. The number of halogens is 1. The van der Waals surface area contributed by atoms with Crippen molar-refractivity contribution in [2.24, 2.45) is 7.05 Å². The van der Waals surface area contributed by atoms with E-state index in [0.717, 1.165) is 16.6 Å². The summed E-state index contributed by atoms with van der Waals surface area (Å²) >= 11 is 5.95. The van der Waals surface area contributed by atoms with E-state index in [4.69, 9.17) is 11.6 Å². The summed E-state index contributed by atoms with van der Waals surface area (Å²) in [6.07, 6.45) is 1.55. The van der Waals surface area contributed by atoms with Gasteiger partial charge in [0.15, 0.2) is 5.65 Å². The van der Waals surface area contributed by atoms with Crippen molar-refractivity contribution in [3.05, 3.63) is 40.3 Å². The van der Waals surface area contributed by atoms with Gasteiger partial charge in [-0.25, -0.2) is 14.8 Å². The van der Waals surface area contributed by atoms with E-state index < -0.39 is 0 Å². The van der Waals surface area contributed by atoms with Gasteiger partial charge in [-0.2, -0.15) is 4.98 Å². The summed E-state index contributed by atoms with van der Waals surface area (Å²) in [6, 6.07) is 5.59. The van der Waals surface area contributed by atoms with Gasteiger partial charge in [0.25, 0.3) is 0 Å². The number of benzene rings is 1. The van der Waals surface area contributed by atoms with Crippen LogP contribution < -0.4 is 5.69 Å². The highest BCUT2D eigenvalue weighted by Gasteiger charge is 2.12. The Bertz CT molecular complexity index is 1040. The third kappa shape index (κ3) is 1.74. The van der Waals surface area contributed by atoms with Crippen molar-refractivity contribution in [2.75, 3.05) is 0 Å². The summed E-state index contributed by atoms with van der Waals surface area (Å²) in [5, 5.41) is 0.132. The number of hydrogen-bond acceptors (Lipinski definition) is 4. The molecule has 104 valence electrons. The molecule has 8 heteroatoms. The number of imidazole rings is 2. The Morgan fingerprint density at radius 1 is 1.29 bits per heavy atom. The molecule has 4 rings (SSSR count). The number of nitrogens with one attached hydrogen (secondary N) is 2. The highest BCUT2D eigenvalue weighted by Crippen LogP contribution is 2.27. The topological polar surface area (TPSA) is 92.2 Å². The average Bonchev–Trinajstić information content (AvgIpc) is 3.03. The van der Waals surface area contributed by atoms with Gasteiger partial charge in [0.05, 0.1) is 17.4 Å². The van der Waals surface area contributed by atoms with E-state index in [2.05, 4.69) is 24.9 Å². The van der Waals surface area contributed by atoms with Gasteiger partial charge in [-0.05, 0) is 23.7 Å². The number of aromatic nitrogens is 6. The Kier molecular flexibility index (Phi) is 2.40. The predicted molar refractivity (Wildman–Crippen MR) is 79.2 cm³/mol. The normalized spacial score (nSPS) is 11.5. The second-order valence-electron chi connectivity index (χ2n) is 4.66. The number of nitrogens with zero attached hydrogens (tertiary/aromatic N) is 4. The van der Waals surface area contributed by atoms with Crippen LogP contribution in [-0.4, -0.2) is 29.5 Å². The van der Waals surface area contributed by atoms with Crippen LogP contribution >= 0.6 is 11.6 Å². The Balaban J connectivity index is 2.06. The van der Waals surface area contributed by atoms with Gasteiger partial charge in [-0.3, -0.25) is 4.57 Å². The maximum absolute atomic E-state index is 11.7. The molecule has 4 aromatic rings. The third-order valence-electron chi connectivity index (χ3n) is 3.44. The van der Waals surface area contributed by atoms with Crippen LogP contribution in [0.3, 0.4) is 0 Å². The molecule has 3 heterocycles. The molecule has 2 N–H and O–H groups in total. The maximum atomic E-state index is 11.7. The summed E-state index contributed by atoms with van der Waals surface area (Å²) in [4.78, 5) is 29.9. The Morgan fingerprint density at radius 2 is 2.14 bits per heavy atom. The first-order valence-electron chi connectivity index (χ1n) is 6.19. The van der Waals surface area contributed by atoms with Gasteiger partial charge in [-0.15, -0.1) is 0 Å². The second-order valence-corrected chi connectivity index (χ2v) is 5.00. The van der Waals surface area contributed by atoms with Crippen molar-refractivity contribution in [2.45, 2.75) is 0 Å². The number of aromatic amines is 2. The van der Waals surface area contributed by atoms with E-state index in [1.807, 2.05) is 18.2 Å². The molecule has 0 aliphatic carbocycles. The van der Waals surface area contributed by atoms with Gasteiger partial charge in [0, 0.05) is 12.6 Å². The molecule has 0 fully saturated rings. The fraction of sp³-hybridized carbons (Fsp3) is 0.0769. The highest BCUT2D eigenvalue weighted by molar-refractivity contribution is 6.28. The monoisotopic (exact) mass is 300 g/mol. The van der Waals surface area contributed by atoms with Crippen molar-refractivity contribution >= 4 is 33.8 Å². The van der Waals surface area contributed by atoms with Crippen molar-refractivity contribution in [3.63, 3.8) is 0 Å². The molecule has 0 aliphatic heterocycles. The van der Waals surface area contributed by atoms with Crippen LogP contribution in [0.4, 0.5) is 0 Å². The van der Waals surface area contributed by atoms with E-state index in [-0.39, 0.29) is 11.0 Å². The molecule has 0 spiro atoms. The lowest BCUT2D eigenvalue weighted by atomic mass is 10.1. The molecule has 0 saturated carbocycles. The van der Waals surface area contributed by atoms with Gasteiger partial charge >= 0.3 is 5.69 Å². The first-order valence-corrected chi connectivity index (χ1v) is 6.57. The van der Waals surface area contributed by atoms with Crippen LogP contribution in [0.15, 0.2) is 29.3 Å². The van der Waals surface area contributed by atoms with Crippen molar-refractivity contribution in [1.29, 1.82) is 0 Å². The van der Waals surface area contributed by atoms with Crippen LogP contribution in [0.5, 0.6) is 0 Å². The van der Waals surface area contributed by atoms with Gasteiger partial charge < -0.3 is 9.97 Å². The zero-order chi connectivity index (χ0) is 14.6. The maximum Gasteiger partial charge on any atom is 0.326 e. The second kappa shape index (κ2) is 4.16. The Morgan fingerprint density at radius 3 is 3.00 bits per heavy atom. The molecule has 0 aliphatic rings. The van der Waals surface area contributed by atoms with E-state index >= 15 is 0 Å². The lowest BCUT2D eigenvalue weighted by molar-refractivity contribution is 0.891. The minimum atomic E-state index is -0.158. The van der Waals surface area contributed by atoms with Crippen LogP contribution in [0.2, 0.25) is 5.28 Å². The lowest BCUT2D eigenvalue weighted by Gasteiger charge is -2.03. The summed E-state index contributed by atoms with van der Waals surface area (Å²) < 4.78 is 1.55. The molecule has 0 bridgehead atoms. The quantitative estimate of drug-likeness (QED) is 0.525. The van der Waals surface area contributed by atoms with Crippen LogP contribution in [0.1, 0.15) is 0 Å². The first kappa shape index (κ1) is 12.1. The van der Waals surface area contributed by atoms with Crippen LogP contribution in [-0.2, 0) is 7.05 Å². The molecule has 0 radical (unpaired) electrons. The van der Waals surface area contributed by atoms with Gasteiger partial charge in [-0.1, -0.05) is 6.07 Å². The molecule has 0 atom stereocenters. The standard InChI is InChI=1S/C13H9ClN6O/c1-20-8-4-6(2-3-7(8)17-13(20)21)9-10-11(16-5-15-10)19-12(14)18-9/h2-5H,1H3,(H,17,21)(H,15,16,18,19). The lowest BCUT2D eigenvalue weighted by Crippen LogP contribution is -2.11. The molecule has 3 aromatic heterocycles. The van der Waals surface area contributed by atoms with E-state index in [1.54, 1.807) is 17.9 Å². The van der Waals surface area contributed by atoms with E-state index in [9.17, 15) is 4.79 Å². The number of aryl methyl sites for hydroxylation is 1. The summed E-state index contributed by atoms with van der Waals surface area (Å²) in [5.74, 6) is 0. The van der Waals surface area contributed by atoms with Crippen molar-refractivity contribution in [3.8, 4) is 11.3 Å². The number of H-pyrrole nitrogens is 2. The molecule has 21 heavy (non-hydrogen) atoms.